The molecule has 1 aromatic carbocycles. The summed E-state index contributed by atoms with van der Waals surface area (Å²) >= 11 is 3.74. The van der Waals surface area contributed by atoms with Crippen LogP contribution in [0, 0.1) is 0 Å². The van der Waals surface area contributed by atoms with Gasteiger partial charge in [0.15, 0.2) is 0 Å². The summed E-state index contributed by atoms with van der Waals surface area (Å²) in [6, 6.07) is 34.8. The van der Waals surface area contributed by atoms with Crippen LogP contribution in [0.5, 0.6) is 0 Å². The van der Waals surface area contributed by atoms with E-state index in [1.165, 1.54) is 70.2 Å². The molecule has 0 aliphatic heterocycles. The van der Waals surface area contributed by atoms with Gasteiger partial charge < -0.3 is 0 Å². The summed E-state index contributed by atoms with van der Waals surface area (Å²) in [5, 5.41) is 7.32. The van der Waals surface area contributed by atoms with Crippen molar-refractivity contribution in [2.45, 2.75) is 45.4 Å². The fourth-order valence-corrected chi connectivity index (χ4v) is 8.22. The fraction of sp³-hybridized carbons (Fsp3) is 0.189. The first-order chi connectivity index (χ1) is 19.0. The Labute approximate surface area is 239 Å². The number of thiophene rings is 2. The van der Waals surface area contributed by atoms with Gasteiger partial charge in [-0.1, -0.05) is 107 Å². The van der Waals surface area contributed by atoms with Gasteiger partial charge in [-0.25, -0.2) is 0 Å². The summed E-state index contributed by atoms with van der Waals surface area (Å²) in [4.78, 5) is 0. The molecule has 0 saturated carbocycles. The van der Waals surface area contributed by atoms with E-state index in [1.807, 2.05) is 22.7 Å². The Morgan fingerprint density at radius 1 is 0.436 bits per heavy atom. The maximum absolute atomic E-state index is 2.40. The van der Waals surface area contributed by atoms with Crippen LogP contribution >= 0.6 is 22.7 Å². The maximum atomic E-state index is 2.40. The Hall–Kier alpha value is -3.46. The molecular formula is C37H32S2. The van der Waals surface area contributed by atoms with Crippen LogP contribution in [0.3, 0.4) is 0 Å². The van der Waals surface area contributed by atoms with Crippen LogP contribution in [-0.4, -0.2) is 0 Å². The molecule has 7 rings (SSSR count). The van der Waals surface area contributed by atoms with Gasteiger partial charge >= 0.3 is 0 Å². The second-order valence-corrected chi connectivity index (χ2v) is 13.1. The van der Waals surface area contributed by atoms with E-state index in [4.69, 9.17) is 0 Å². The molecule has 2 aromatic heterocycles. The lowest BCUT2D eigenvalue weighted by Gasteiger charge is -2.21. The summed E-state index contributed by atoms with van der Waals surface area (Å²) in [5.74, 6) is 1.12. The maximum Gasteiger partial charge on any atom is 0.0424 e. The normalized spacial score (nSPS) is 12.3. The van der Waals surface area contributed by atoms with Gasteiger partial charge in [0, 0.05) is 15.3 Å². The molecule has 192 valence electrons. The second-order valence-electron chi connectivity index (χ2n) is 11.3. The number of benzene rings is 1. The molecular weight excluding hydrogens is 509 g/mol. The highest BCUT2D eigenvalue weighted by atomic mass is 32.1. The quantitative estimate of drug-likeness (QED) is 0.204. The van der Waals surface area contributed by atoms with Crippen molar-refractivity contribution >= 4 is 42.8 Å². The zero-order valence-corrected chi connectivity index (χ0v) is 24.5. The molecule has 0 fully saturated rings. The first-order valence-corrected chi connectivity index (χ1v) is 15.7. The fourth-order valence-electron chi connectivity index (χ4n) is 6.32. The predicted molar refractivity (Wildman–Crippen MR) is 172 cm³/mol. The van der Waals surface area contributed by atoms with E-state index in [2.05, 4.69) is 129 Å². The van der Waals surface area contributed by atoms with Crippen LogP contribution in [0.1, 0.15) is 73.3 Å². The first kappa shape index (κ1) is 24.6. The third-order valence-corrected chi connectivity index (χ3v) is 10.3. The minimum absolute atomic E-state index is 0.130. The van der Waals surface area contributed by atoms with Gasteiger partial charge in [0.2, 0.25) is 0 Å². The van der Waals surface area contributed by atoms with Gasteiger partial charge in [-0.2, -0.15) is 0 Å². The Morgan fingerprint density at radius 2 is 0.872 bits per heavy atom. The monoisotopic (exact) mass is 540 g/mol. The molecule has 0 saturated heterocycles. The average molecular weight is 541 g/mol. The highest BCUT2D eigenvalue weighted by Crippen LogP contribution is 2.54. The highest BCUT2D eigenvalue weighted by molar-refractivity contribution is 7.18. The smallest absolute Gasteiger partial charge is 0.0424 e. The molecule has 0 atom stereocenters. The van der Waals surface area contributed by atoms with Gasteiger partial charge in [0.1, 0.15) is 0 Å². The zero-order valence-electron chi connectivity index (χ0n) is 22.9. The molecule has 0 unspecified atom stereocenters. The molecule has 3 aromatic rings. The molecule has 0 bridgehead atoms. The van der Waals surface area contributed by atoms with E-state index in [1.54, 1.807) is 0 Å². The SMILES string of the molecule is CC(C)c1ccc2c(C(c3ccccc3)c3c4ccc(C(C)C)ccc-4c4sccc34)c3ccsc3c-2cc1. The number of hydrogen-bond acceptors (Lipinski definition) is 2. The number of rotatable bonds is 5. The van der Waals surface area contributed by atoms with Crippen LogP contribution in [-0.2, 0) is 0 Å². The molecule has 4 aliphatic carbocycles. The van der Waals surface area contributed by atoms with Gasteiger partial charge in [-0.15, -0.1) is 22.7 Å². The van der Waals surface area contributed by atoms with Gasteiger partial charge in [-0.3, -0.25) is 0 Å². The van der Waals surface area contributed by atoms with Crippen molar-refractivity contribution in [2.24, 2.45) is 0 Å². The van der Waals surface area contributed by atoms with Gasteiger partial charge in [0.25, 0.3) is 0 Å². The van der Waals surface area contributed by atoms with Gasteiger partial charge in [-0.05, 0) is 95.6 Å². The standard InChI is InChI=1S/C37H32S2/c1-22(2)24-10-14-27-29(16-12-24)36-31(18-20-38-36)34(27)33(26-8-6-5-7-9-26)35-28-15-11-25(23(3)4)13-17-30(28)37-32(35)19-21-39-37/h5-23,33H,1-4H3. The zero-order chi connectivity index (χ0) is 26.7. The van der Waals surface area contributed by atoms with Crippen LogP contribution in [0.4, 0.5) is 0 Å². The van der Waals surface area contributed by atoms with Crippen molar-refractivity contribution in [1.82, 2.24) is 0 Å². The Kier molecular flexibility index (Phi) is 6.06. The molecule has 4 aliphatic rings. The first-order valence-electron chi connectivity index (χ1n) is 13.9. The van der Waals surface area contributed by atoms with Crippen molar-refractivity contribution in [3.8, 4) is 22.3 Å². The van der Waals surface area contributed by atoms with Crippen molar-refractivity contribution in [2.75, 3.05) is 0 Å². The van der Waals surface area contributed by atoms with Crippen LogP contribution in [0.15, 0.2) is 102 Å². The topological polar surface area (TPSA) is 0 Å². The Bertz CT molecular complexity index is 1750. The molecule has 2 heteroatoms. The van der Waals surface area contributed by atoms with Gasteiger partial charge in [0.05, 0.1) is 0 Å². The van der Waals surface area contributed by atoms with Crippen molar-refractivity contribution < 1.29 is 0 Å². The van der Waals surface area contributed by atoms with Crippen LogP contribution in [0.2, 0.25) is 0 Å². The molecule has 39 heavy (non-hydrogen) atoms. The second kappa shape index (κ2) is 9.62. The predicted octanol–water partition coefficient (Wildman–Crippen LogP) is 11.8. The summed E-state index contributed by atoms with van der Waals surface area (Å²) in [5.41, 5.74) is 12.5. The highest BCUT2D eigenvalue weighted by Gasteiger charge is 2.32. The van der Waals surface area contributed by atoms with E-state index in [0.29, 0.717) is 11.8 Å². The third kappa shape index (κ3) is 3.92. The largest absolute Gasteiger partial charge is 0.143 e. The van der Waals surface area contributed by atoms with E-state index in [-0.39, 0.29) is 5.92 Å². The van der Waals surface area contributed by atoms with Crippen molar-refractivity contribution in [3.05, 3.63) is 130 Å². The lowest BCUT2D eigenvalue weighted by molar-refractivity contribution is 0.868. The third-order valence-electron chi connectivity index (χ3n) is 8.37. The summed E-state index contributed by atoms with van der Waals surface area (Å²) in [7, 11) is 0. The Morgan fingerprint density at radius 3 is 1.31 bits per heavy atom. The summed E-state index contributed by atoms with van der Waals surface area (Å²) in [6.45, 7) is 9.12. The van der Waals surface area contributed by atoms with Crippen molar-refractivity contribution in [1.29, 1.82) is 0 Å². The van der Waals surface area contributed by atoms with Crippen molar-refractivity contribution in [3.63, 3.8) is 0 Å². The van der Waals surface area contributed by atoms with E-state index < -0.39 is 0 Å². The molecule has 2 heterocycles. The lowest BCUT2D eigenvalue weighted by Crippen LogP contribution is -2.04. The molecule has 0 nitrogen and oxygen atoms in total. The summed E-state index contributed by atoms with van der Waals surface area (Å²) in [6.07, 6.45) is 0. The average Bonchev–Trinajstić information content (AvgIpc) is 3.63. The van der Waals surface area contributed by atoms with Crippen LogP contribution < -0.4 is 0 Å². The van der Waals surface area contributed by atoms with E-state index in [9.17, 15) is 0 Å². The molecule has 0 amide bonds. The Balaban J connectivity index is 1.60. The minimum Gasteiger partial charge on any atom is -0.143 e. The van der Waals surface area contributed by atoms with Crippen LogP contribution in [0.25, 0.3) is 42.4 Å². The molecule has 0 N–H and O–H groups in total. The van der Waals surface area contributed by atoms with E-state index in [0.717, 1.165) is 0 Å². The lowest BCUT2D eigenvalue weighted by atomic mass is 9.81. The summed E-state index contributed by atoms with van der Waals surface area (Å²) < 4.78 is 2.80. The number of hydrogen-bond donors (Lipinski definition) is 0. The minimum atomic E-state index is 0.130. The molecule has 0 spiro atoms. The molecule has 0 radical (unpaired) electrons. The van der Waals surface area contributed by atoms with E-state index >= 15 is 0 Å². The number of fused-ring (bicyclic) bond motifs is 6.